The second-order valence-corrected chi connectivity index (χ2v) is 6.68. The number of carbonyl (C=O) groups excluding carboxylic acids is 2. The summed E-state index contributed by atoms with van der Waals surface area (Å²) < 4.78 is 5.20. The van der Waals surface area contributed by atoms with Crippen molar-refractivity contribution in [2.75, 3.05) is 12.4 Å². The van der Waals surface area contributed by atoms with E-state index in [0.29, 0.717) is 29.7 Å². The summed E-state index contributed by atoms with van der Waals surface area (Å²) in [5.41, 5.74) is 2.78. The van der Waals surface area contributed by atoms with Crippen LogP contribution in [0, 0.1) is 0 Å². The van der Waals surface area contributed by atoms with Gasteiger partial charge in [0.1, 0.15) is 5.75 Å². The predicted molar refractivity (Wildman–Crippen MR) is 105 cm³/mol. The number of nitrogens with zero attached hydrogens (tertiary/aromatic N) is 2. The molecule has 0 radical (unpaired) electrons. The first kappa shape index (κ1) is 17.9. The third kappa shape index (κ3) is 3.62. The number of anilines is 1. The van der Waals surface area contributed by atoms with Crippen LogP contribution in [0.1, 0.15) is 44.3 Å². The highest BCUT2D eigenvalue weighted by atomic mass is 16.5. The van der Waals surface area contributed by atoms with Gasteiger partial charge in [-0.25, -0.2) is 9.97 Å². The molecule has 1 heterocycles. The molecule has 0 bridgehead atoms. The van der Waals surface area contributed by atoms with Crippen LogP contribution in [0.4, 0.5) is 5.95 Å². The van der Waals surface area contributed by atoms with E-state index >= 15 is 0 Å². The second-order valence-electron chi connectivity index (χ2n) is 6.68. The van der Waals surface area contributed by atoms with Gasteiger partial charge in [-0.05, 0) is 42.2 Å². The van der Waals surface area contributed by atoms with Crippen molar-refractivity contribution in [2.24, 2.45) is 0 Å². The molecule has 0 fully saturated rings. The highest BCUT2D eigenvalue weighted by Gasteiger charge is 2.28. The first-order chi connectivity index (χ1) is 13.6. The van der Waals surface area contributed by atoms with Crippen molar-refractivity contribution in [1.82, 2.24) is 9.97 Å². The van der Waals surface area contributed by atoms with Crippen LogP contribution in [-0.2, 0) is 6.42 Å². The number of carbonyl (C=O) groups is 2. The smallest absolute Gasteiger partial charge is 0.258 e. The molecule has 0 spiro atoms. The van der Waals surface area contributed by atoms with Gasteiger partial charge in [0.2, 0.25) is 5.95 Å². The average molecular weight is 373 g/mol. The molecule has 1 aromatic heterocycles. The summed E-state index contributed by atoms with van der Waals surface area (Å²) in [7, 11) is 1.62. The van der Waals surface area contributed by atoms with Crippen molar-refractivity contribution in [2.45, 2.75) is 18.8 Å². The molecule has 6 nitrogen and oxygen atoms in total. The molecule has 28 heavy (non-hydrogen) atoms. The number of amides is 1. The Morgan fingerprint density at radius 1 is 1.07 bits per heavy atom. The minimum Gasteiger partial charge on any atom is -0.497 e. The zero-order valence-electron chi connectivity index (χ0n) is 15.4. The van der Waals surface area contributed by atoms with Crippen LogP contribution in [0.15, 0.2) is 60.8 Å². The Kier molecular flexibility index (Phi) is 4.85. The quantitative estimate of drug-likeness (QED) is 0.755. The van der Waals surface area contributed by atoms with Gasteiger partial charge in [-0.2, -0.15) is 0 Å². The van der Waals surface area contributed by atoms with Crippen LogP contribution in [-0.4, -0.2) is 28.8 Å². The topological polar surface area (TPSA) is 81.2 Å². The fraction of sp³-hybridized carbons (Fsp3) is 0.182. The minimum atomic E-state index is -0.283. The lowest BCUT2D eigenvalue weighted by Crippen LogP contribution is -2.22. The molecule has 1 amide bonds. The fourth-order valence-corrected chi connectivity index (χ4v) is 3.38. The van der Waals surface area contributed by atoms with Crippen LogP contribution >= 0.6 is 0 Å². The molecule has 3 aromatic rings. The number of benzene rings is 2. The Hall–Kier alpha value is -3.54. The molecule has 4 rings (SSSR count). The molecule has 0 saturated carbocycles. The maximum atomic E-state index is 12.6. The monoisotopic (exact) mass is 373 g/mol. The summed E-state index contributed by atoms with van der Waals surface area (Å²) in [6.07, 6.45) is 2.54. The highest BCUT2D eigenvalue weighted by Crippen LogP contribution is 2.32. The number of fused-ring (bicyclic) bond motifs is 1. The summed E-state index contributed by atoms with van der Waals surface area (Å²) in [6, 6.07) is 16.6. The van der Waals surface area contributed by atoms with Gasteiger partial charge in [0.15, 0.2) is 5.78 Å². The first-order valence-corrected chi connectivity index (χ1v) is 9.03. The van der Waals surface area contributed by atoms with Gasteiger partial charge in [0, 0.05) is 18.2 Å². The number of rotatable bonds is 4. The minimum absolute atomic E-state index is 0.0167. The molecular formula is C22H19N3O3. The Balaban J connectivity index is 1.56. The van der Waals surface area contributed by atoms with E-state index < -0.39 is 0 Å². The SMILES string of the molecule is COc1ccc(C2CC(=O)c3cnc(NC(=O)c4ccccc4)nc3C2)cc1. The number of nitrogens with one attached hydrogen (secondary N) is 1. The molecule has 1 atom stereocenters. The zero-order valence-corrected chi connectivity index (χ0v) is 15.4. The molecule has 1 unspecified atom stereocenters. The van der Waals surface area contributed by atoms with Crippen LogP contribution in [0.2, 0.25) is 0 Å². The van der Waals surface area contributed by atoms with Gasteiger partial charge in [0.05, 0.1) is 18.4 Å². The number of hydrogen-bond acceptors (Lipinski definition) is 5. The number of methoxy groups -OCH3 is 1. The van der Waals surface area contributed by atoms with Crippen LogP contribution in [0.5, 0.6) is 5.75 Å². The van der Waals surface area contributed by atoms with Crippen LogP contribution in [0.3, 0.4) is 0 Å². The van der Waals surface area contributed by atoms with E-state index in [4.69, 9.17) is 4.74 Å². The lowest BCUT2D eigenvalue weighted by atomic mass is 9.82. The van der Waals surface area contributed by atoms with E-state index in [-0.39, 0.29) is 23.6 Å². The van der Waals surface area contributed by atoms with Gasteiger partial charge in [0.25, 0.3) is 5.91 Å². The fourth-order valence-electron chi connectivity index (χ4n) is 3.38. The van der Waals surface area contributed by atoms with Gasteiger partial charge in [-0.3, -0.25) is 14.9 Å². The molecule has 2 aromatic carbocycles. The van der Waals surface area contributed by atoms with Crippen molar-refractivity contribution in [1.29, 1.82) is 0 Å². The largest absolute Gasteiger partial charge is 0.497 e. The maximum absolute atomic E-state index is 12.6. The predicted octanol–water partition coefficient (Wildman–Crippen LogP) is 3.65. The standard InChI is InChI=1S/C22H19N3O3/c1-28-17-9-7-14(8-10-17)16-11-19-18(20(26)12-16)13-23-22(24-19)25-21(27)15-5-3-2-4-6-15/h2-10,13,16H,11-12H2,1H3,(H,23,24,25,27). The Morgan fingerprint density at radius 3 is 2.54 bits per heavy atom. The lowest BCUT2D eigenvalue weighted by molar-refractivity contribution is 0.0962. The molecular weight excluding hydrogens is 354 g/mol. The van der Waals surface area contributed by atoms with E-state index in [0.717, 1.165) is 11.3 Å². The van der Waals surface area contributed by atoms with E-state index in [9.17, 15) is 9.59 Å². The Bertz CT molecular complexity index is 1020. The molecule has 1 aliphatic rings. The molecule has 1 aliphatic carbocycles. The van der Waals surface area contributed by atoms with Gasteiger partial charge in [-0.1, -0.05) is 30.3 Å². The Labute approximate surface area is 162 Å². The summed E-state index contributed by atoms with van der Waals surface area (Å²) >= 11 is 0. The number of hydrogen-bond donors (Lipinski definition) is 1. The van der Waals surface area contributed by atoms with Crippen molar-refractivity contribution in [3.05, 3.63) is 83.2 Å². The van der Waals surface area contributed by atoms with Crippen LogP contribution < -0.4 is 10.1 Å². The third-order valence-corrected chi connectivity index (χ3v) is 4.89. The molecule has 6 heteroatoms. The number of ketones is 1. The van der Waals surface area contributed by atoms with Gasteiger partial charge < -0.3 is 4.74 Å². The van der Waals surface area contributed by atoms with Crippen molar-refractivity contribution in [3.8, 4) is 5.75 Å². The van der Waals surface area contributed by atoms with Crippen molar-refractivity contribution < 1.29 is 14.3 Å². The van der Waals surface area contributed by atoms with Crippen LogP contribution in [0.25, 0.3) is 0 Å². The first-order valence-electron chi connectivity index (χ1n) is 9.03. The summed E-state index contributed by atoms with van der Waals surface area (Å²) in [5, 5.41) is 2.70. The maximum Gasteiger partial charge on any atom is 0.258 e. The van der Waals surface area contributed by atoms with Gasteiger partial charge >= 0.3 is 0 Å². The average Bonchev–Trinajstić information content (AvgIpc) is 2.74. The van der Waals surface area contributed by atoms with Crippen molar-refractivity contribution in [3.63, 3.8) is 0 Å². The van der Waals surface area contributed by atoms with E-state index in [2.05, 4.69) is 15.3 Å². The number of aromatic nitrogens is 2. The second kappa shape index (κ2) is 7.60. The zero-order chi connectivity index (χ0) is 19.5. The van der Waals surface area contributed by atoms with Crippen molar-refractivity contribution >= 4 is 17.6 Å². The van der Waals surface area contributed by atoms with E-state index in [1.807, 2.05) is 30.3 Å². The number of Topliss-reactive ketones (excluding diaryl/α,β-unsaturated/α-hetero) is 1. The third-order valence-electron chi connectivity index (χ3n) is 4.89. The molecule has 0 saturated heterocycles. The molecule has 1 N–H and O–H groups in total. The van der Waals surface area contributed by atoms with Gasteiger partial charge in [-0.15, -0.1) is 0 Å². The highest BCUT2D eigenvalue weighted by molar-refractivity contribution is 6.03. The lowest BCUT2D eigenvalue weighted by Gasteiger charge is -2.23. The van der Waals surface area contributed by atoms with E-state index in [1.165, 1.54) is 6.20 Å². The summed E-state index contributed by atoms with van der Waals surface area (Å²) in [6.45, 7) is 0. The normalized spacial score (nSPS) is 15.6. The summed E-state index contributed by atoms with van der Waals surface area (Å²) in [4.78, 5) is 33.5. The number of ether oxygens (including phenoxy) is 1. The molecule has 140 valence electrons. The molecule has 0 aliphatic heterocycles. The summed E-state index contributed by atoms with van der Waals surface area (Å²) in [5.74, 6) is 0.756. The van der Waals surface area contributed by atoms with E-state index in [1.54, 1.807) is 31.4 Å². The Morgan fingerprint density at radius 2 is 1.82 bits per heavy atom.